The minimum atomic E-state index is -1.12. The van der Waals surface area contributed by atoms with Gasteiger partial charge >= 0.3 is 0 Å². The van der Waals surface area contributed by atoms with Crippen LogP contribution in [-0.4, -0.2) is 49.5 Å². The van der Waals surface area contributed by atoms with Crippen LogP contribution in [0.5, 0.6) is 0 Å². The predicted molar refractivity (Wildman–Crippen MR) is 69.4 cm³/mol. The van der Waals surface area contributed by atoms with E-state index in [0.717, 1.165) is 0 Å². The molecule has 0 amide bonds. The first-order valence-corrected chi connectivity index (χ1v) is 6.18. The predicted octanol–water partition coefficient (Wildman–Crippen LogP) is -1.02. The molecule has 0 aliphatic heterocycles. The Morgan fingerprint density at radius 1 is 1.13 bits per heavy atom. The van der Waals surface area contributed by atoms with Crippen LogP contribution in [0, 0.1) is 0 Å². The zero-order chi connectivity index (χ0) is 11.7. The van der Waals surface area contributed by atoms with Crippen molar-refractivity contribution >= 4 is 25.3 Å². The highest BCUT2D eigenvalue weighted by Crippen LogP contribution is 1.89. The third-order valence-electron chi connectivity index (χ3n) is 1.93. The van der Waals surface area contributed by atoms with Gasteiger partial charge < -0.3 is 16.8 Å². The Bertz CT molecular complexity index is 149. The zero-order valence-corrected chi connectivity index (χ0v) is 10.5. The molecule has 0 spiro atoms. The summed E-state index contributed by atoms with van der Waals surface area (Å²) in [5.41, 5.74) is 11.0. The molecule has 0 heterocycles. The highest BCUT2D eigenvalue weighted by Gasteiger charge is 2.10. The maximum atomic E-state index is 13.2. The van der Waals surface area contributed by atoms with Crippen LogP contribution in [0.2, 0.25) is 0 Å². The van der Waals surface area contributed by atoms with Crippen molar-refractivity contribution < 1.29 is 4.39 Å². The van der Waals surface area contributed by atoms with Gasteiger partial charge in [0.05, 0.1) is 0 Å². The van der Waals surface area contributed by atoms with Gasteiger partial charge in [0.2, 0.25) is 0 Å². The molecule has 92 valence electrons. The fourth-order valence-corrected chi connectivity index (χ4v) is 1.32. The van der Waals surface area contributed by atoms with Gasteiger partial charge in [-0.2, -0.15) is 25.3 Å². The topological polar surface area (TPSA) is 76.1 Å². The summed E-state index contributed by atoms with van der Waals surface area (Å²) >= 11 is 8.09. The molecule has 0 aromatic carbocycles. The van der Waals surface area contributed by atoms with E-state index in [1.54, 1.807) is 0 Å². The molecule has 0 aliphatic rings. The summed E-state index contributed by atoms with van der Waals surface area (Å²) in [6, 6.07) is -0.0753. The third-order valence-corrected chi connectivity index (χ3v) is 2.84. The van der Waals surface area contributed by atoms with E-state index in [4.69, 9.17) is 11.5 Å². The van der Waals surface area contributed by atoms with E-state index in [1.807, 2.05) is 0 Å². The lowest BCUT2D eigenvalue weighted by atomic mass is 10.3. The van der Waals surface area contributed by atoms with Crippen molar-refractivity contribution in [3.05, 3.63) is 0 Å². The maximum Gasteiger partial charge on any atom is 0.163 e. The van der Waals surface area contributed by atoms with Gasteiger partial charge in [-0.25, -0.2) is 4.39 Å². The van der Waals surface area contributed by atoms with Gasteiger partial charge in [-0.05, 0) is 0 Å². The lowest BCUT2D eigenvalue weighted by Gasteiger charge is -2.18. The largest absolute Gasteiger partial charge is 0.329 e. The van der Waals surface area contributed by atoms with Crippen LogP contribution >= 0.6 is 25.3 Å². The van der Waals surface area contributed by atoms with E-state index in [1.165, 1.54) is 0 Å². The van der Waals surface area contributed by atoms with Crippen molar-refractivity contribution in [2.75, 3.05) is 31.1 Å². The van der Waals surface area contributed by atoms with Gasteiger partial charge in [-0.3, -0.25) is 5.32 Å². The molecule has 4 nitrogen and oxygen atoms in total. The first-order valence-electron chi connectivity index (χ1n) is 4.92. The summed E-state index contributed by atoms with van der Waals surface area (Å²) in [6.07, 6.45) is -1.12. The van der Waals surface area contributed by atoms with Crippen LogP contribution in [0.15, 0.2) is 0 Å². The average molecular weight is 256 g/mol. The number of alkyl halides is 1. The Labute approximate surface area is 102 Å². The Kier molecular flexibility index (Phi) is 9.98. The van der Waals surface area contributed by atoms with Crippen LogP contribution < -0.4 is 22.1 Å². The molecule has 0 rings (SSSR count). The van der Waals surface area contributed by atoms with Crippen molar-refractivity contribution in [1.29, 1.82) is 0 Å². The Morgan fingerprint density at radius 3 is 2.27 bits per heavy atom. The van der Waals surface area contributed by atoms with Crippen molar-refractivity contribution in [2.45, 2.75) is 18.4 Å². The summed E-state index contributed by atoms with van der Waals surface area (Å²) in [5, 5.41) is 5.63. The first kappa shape index (κ1) is 15.5. The number of hydrogen-bond acceptors (Lipinski definition) is 6. The van der Waals surface area contributed by atoms with Crippen LogP contribution in [0.1, 0.15) is 0 Å². The van der Waals surface area contributed by atoms with Gasteiger partial charge in [0.1, 0.15) is 0 Å². The number of thiol groups is 2. The van der Waals surface area contributed by atoms with Crippen molar-refractivity contribution in [1.82, 2.24) is 10.6 Å². The molecule has 0 aromatic heterocycles. The molecule has 7 heteroatoms. The fraction of sp³-hybridized carbons (Fsp3) is 1.00. The molecule has 0 fully saturated rings. The normalized spacial score (nSPS) is 17.4. The number of rotatable bonds is 9. The van der Waals surface area contributed by atoms with Crippen LogP contribution in [0.3, 0.4) is 0 Å². The van der Waals surface area contributed by atoms with E-state index in [2.05, 4.69) is 35.9 Å². The SMILES string of the molecule is NC[C@H](CS)NC[C@@H](F)NC[C@@H](N)CS. The average Bonchev–Trinajstić information content (AvgIpc) is 2.27. The van der Waals surface area contributed by atoms with Crippen LogP contribution in [-0.2, 0) is 0 Å². The minimum absolute atomic E-state index is 0.0481. The Hall–Kier alpha value is 0.470. The highest BCUT2D eigenvalue weighted by atomic mass is 32.1. The Balaban J connectivity index is 3.51. The highest BCUT2D eigenvalue weighted by molar-refractivity contribution is 7.80. The summed E-state index contributed by atoms with van der Waals surface area (Å²) < 4.78 is 13.2. The van der Waals surface area contributed by atoms with E-state index in [9.17, 15) is 4.39 Å². The number of nitrogens with one attached hydrogen (secondary N) is 2. The van der Waals surface area contributed by atoms with Gasteiger partial charge in [0.15, 0.2) is 6.30 Å². The number of halogens is 1. The molecule has 15 heavy (non-hydrogen) atoms. The second-order valence-electron chi connectivity index (χ2n) is 3.34. The van der Waals surface area contributed by atoms with E-state index in [-0.39, 0.29) is 18.6 Å². The lowest BCUT2D eigenvalue weighted by Crippen LogP contribution is -2.47. The summed E-state index contributed by atoms with van der Waals surface area (Å²) in [7, 11) is 0. The molecule has 0 unspecified atom stereocenters. The van der Waals surface area contributed by atoms with Gasteiger partial charge in [-0.1, -0.05) is 0 Å². The minimum Gasteiger partial charge on any atom is -0.329 e. The monoisotopic (exact) mass is 256 g/mol. The van der Waals surface area contributed by atoms with E-state index >= 15 is 0 Å². The van der Waals surface area contributed by atoms with E-state index in [0.29, 0.717) is 24.6 Å². The third kappa shape index (κ3) is 8.29. The van der Waals surface area contributed by atoms with Crippen molar-refractivity contribution in [2.24, 2.45) is 11.5 Å². The smallest absolute Gasteiger partial charge is 0.163 e. The molecule has 0 radical (unpaired) electrons. The van der Waals surface area contributed by atoms with Gasteiger partial charge in [-0.15, -0.1) is 0 Å². The standard InChI is InChI=1S/C8H21FN4S2/c9-8(13-2-6(11)4-14)3-12-7(1-10)5-15/h6-8,12-15H,1-5,10-11H2/t6-,7-,8+/m1/s1. The maximum absolute atomic E-state index is 13.2. The summed E-state index contributed by atoms with van der Waals surface area (Å²) in [5.74, 6) is 1.13. The van der Waals surface area contributed by atoms with E-state index < -0.39 is 6.30 Å². The van der Waals surface area contributed by atoms with Crippen LogP contribution in [0.4, 0.5) is 4.39 Å². The molecule has 3 atom stereocenters. The van der Waals surface area contributed by atoms with Crippen molar-refractivity contribution in [3.63, 3.8) is 0 Å². The molecule has 0 aliphatic carbocycles. The van der Waals surface area contributed by atoms with Gasteiger partial charge in [0, 0.05) is 43.2 Å². The summed E-state index contributed by atoms with van der Waals surface area (Å²) in [4.78, 5) is 0. The van der Waals surface area contributed by atoms with Gasteiger partial charge in [0.25, 0.3) is 0 Å². The summed E-state index contributed by atoms with van der Waals surface area (Å²) in [6.45, 7) is 1.08. The number of nitrogens with two attached hydrogens (primary N) is 2. The first-order chi connectivity index (χ1) is 7.13. The molecule has 6 N–H and O–H groups in total. The zero-order valence-electron chi connectivity index (χ0n) is 8.69. The number of hydrogen-bond donors (Lipinski definition) is 6. The Morgan fingerprint density at radius 2 is 1.80 bits per heavy atom. The fourth-order valence-electron chi connectivity index (χ4n) is 0.909. The molecular weight excluding hydrogens is 235 g/mol. The van der Waals surface area contributed by atoms with Crippen LogP contribution in [0.25, 0.3) is 0 Å². The van der Waals surface area contributed by atoms with Crippen molar-refractivity contribution in [3.8, 4) is 0 Å². The second kappa shape index (κ2) is 9.68. The molecule has 0 saturated carbocycles. The molecule has 0 saturated heterocycles. The quantitative estimate of drug-likeness (QED) is 0.236. The molecular formula is C8H21FN4S2. The lowest BCUT2D eigenvalue weighted by molar-refractivity contribution is 0.255. The second-order valence-corrected chi connectivity index (χ2v) is 4.07. The molecule has 0 bridgehead atoms. The molecule has 0 aromatic rings.